The molecule has 540 valence electrons. The summed E-state index contributed by atoms with van der Waals surface area (Å²) in [6.07, 6.45) is 12.0. The lowest BCUT2D eigenvalue weighted by Gasteiger charge is -2.34. The van der Waals surface area contributed by atoms with Crippen LogP contribution >= 0.6 is 23.2 Å². The van der Waals surface area contributed by atoms with Crippen molar-refractivity contribution in [2.45, 2.75) is 164 Å². The third-order valence-electron chi connectivity index (χ3n) is 17.1. The number of ether oxygens (including phenoxy) is 5. The number of aromatic hydroxyl groups is 2. The number of phenols is 2. The quantitative estimate of drug-likeness (QED) is 0.0117. The Bertz CT molecular complexity index is 4070. The summed E-state index contributed by atoms with van der Waals surface area (Å²) in [6, 6.07) is 31.9. The molecule has 22 heteroatoms. The monoisotopic (exact) mass is 1430 g/mol. The minimum Gasteiger partial charge on any atom is -0.506 e. The molecule has 0 fully saturated rings. The van der Waals surface area contributed by atoms with Crippen molar-refractivity contribution in [2.75, 3.05) is 67.2 Å². The van der Waals surface area contributed by atoms with Gasteiger partial charge in [0.2, 0.25) is 11.8 Å². The van der Waals surface area contributed by atoms with Crippen LogP contribution in [0.5, 0.6) is 34.5 Å². The van der Waals surface area contributed by atoms with Crippen LogP contribution in [0.1, 0.15) is 172 Å². The van der Waals surface area contributed by atoms with Crippen molar-refractivity contribution in [2.24, 2.45) is 5.92 Å². The van der Waals surface area contributed by atoms with E-state index < -0.39 is 33.2 Å². The van der Waals surface area contributed by atoms with Gasteiger partial charge >= 0.3 is 5.97 Å². The molecule has 0 radical (unpaired) electrons. The Morgan fingerprint density at radius 2 is 1.32 bits per heavy atom. The molecule has 0 aromatic heterocycles. The maximum Gasteiger partial charge on any atom is 0.337 e. The molecule has 19 nitrogen and oxygen atoms in total. The molecule has 7 aromatic rings. The van der Waals surface area contributed by atoms with Crippen molar-refractivity contribution in [3.8, 4) is 34.5 Å². The number of phenolic OH excluding ortho intramolecular Hbond substituents is 2. The van der Waals surface area contributed by atoms with Gasteiger partial charge in [-0.1, -0.05) is 163 Å². The topological polar surface area (TPSA) is 266 Å². The number of esters is 1. The number of sulfone groups is 1. The maximum absolute atomic E-state index is 12.9. The highest BCUT2D eigenvalue weighted by Crippen LogP contribution is 2.49. The number of methoxy groups -OCH3 is 2. The molecule has 0 spiro atoms. The highest BCUT2D eigenvalue weighted by Gasteiger charge is 2.38. The van der Waals surface area contributed by atoms with Crippen LogP contribution in [0.25, 0.3) is 10.8 Å². The molecule has 0 bridgehead atoms. The van der Waals surface area contributed by atoms with Crippen LogP contribution in [-0.4, -0.2) is 100 Å². The smallest absolute Gasteiger partial charge is 0.337 e. The standard InChI is InChI=1S/C32H47NO7S.C23H27ClN2O4.C23H25ClN2O3/c1-5-6-7-8-9-10-11-12-13-14-21-41(36,37)24-25(2)31(34)33-28-17-20-30(38-3)27(22-28)23-40-29-18-15-26(16-19-29)32(35)39-4;1-6-16(30-17-8-7-12(2)9-13(17)3)22(29)25-15-10-14(24)20-19(21(15)28)23(4,5)11-18(27)26-20;1-14-8-9-20(15(2)12-14)29-11-5-10-26-23(28)17-13-18(24)21-16(22(17)27)6-4-7-19(21)25-3/h15-20,22,25H,5-14,21,23-24H2,1-4H3,(H,33,34);7-10,16,28H,6,11H2,1-5H3,(H,25,29)(H,26,27);4,6-9,12-13,25,27H,5,10-11H2,1-3H3,(H,26,28). The van der Waals surface area contributed by atoms with E-state index in [-0.39, 0.29) is 75.9 Å². The second-order valence-corrected chi connectivity index (χ2v) is 28.9. The SMILES string of the molecule is CCC(Oc1ccc(C)cc1C)C(=O)Nc1cc(Cl)c2c(c1O)C(C)(C)CC(=O)N2.CCCCCCCCCCCCS(=O)(=O)CC(C)C(=O)Nc1ccc(OC)c(COc2ccc(C(=O)OC)cc2)c1.CNc1cccc2c(O)c(C(=O)NCCCOc3ccc(C)cc3C)cc(Cl)c12. The minimum atomic E-state index is -3.32. The van der Waals surface area contributed by atoms with Crippen molar-refractivity contribution < 1.29 is 66.3 Å². The molecule has 4 amide bonds. The Balaban J connectivity index is 0.000000241. The van der Waals surface area contributed by atoms with Gasteiger partial charge in [-0.3, -0.25) is 19.2 Å². The summed E-state index contributed by atoms with van der Waals surface area (Å²) in [4.78, 5) is 61.9. The van der Waals surface area contributed by atoms with Gasteiger partial charge in [0, 0.05) is 64.6 Å². The van der Waals surface area contributed by atoms with Crippen LogP contribution in [0.15, 0.2) is 109 Å². The minimum absolute atomic E-state index is 0.0782. The van der Waals surface area contributed by atoms with E-state index in [1.54, 1.807) is 75.7 Å². The van der Waals surface area contributed by atoms with Gasteiger partial charge in [-0.05, 0) is 131 Å². The fourth-order valence-corrected chi connectivity index (χ4v) is 14.0. The zero-order chi connectivity index (χ0) is 73.3. The summed E-state index contributed by atoms with van der Waals surface area (Å²) >= 11 is 12.8. The van der Waals surface area contributed by atoms with Gasteiger partial charge < -0.3 is 60.5 Å². The molecule has 1 aliphatic rings. The average Bonchev–Trinajstić information content (AvgIpc) is 0.751. The number of rotatable bonds is 32. The third-order valence-corrected chi connectivity index (χ3v) is 19.6. The lowest BCUT2D eigenvalue weighted by atomic mass is 9.77. The van der Waals surface area contributed by atoms with E-state index in [4.69, 9.17) is 46.9 Å². The molecule has 2 unspecified atom stereocenters. The number of anilines is 4. The van der Waals surface area contributed by atoms with Crippen molar-refractivity contribution in [1.82, 2.24) is 5.32 Å². The van der Waals surface area contributed by atoms with Gasteiger partial charge in [-0.2, -0.15) is 0 Å². The predicted octanol–water partition coefficient (Wildman–Crippen LogP) is 17.1. The second kappa shape index (κ2) is 38.7. The number of carbonyl (C=O) groups is 5. The summed E-state index contributed by atoms with van der Waals surface area (Å²) in [5, 5.41) is 37.5. The third kappa shape index (κ3) is 23.4. The van der Waals surface area contributed by atoms with E-state index in [0.717, 1.165) is 47.4 Å². The second-order valence-electron chi connectivity index (χ2n) is 25.9. The summed E-state index contributed by atoms with van der Waals surface area (Å²) in [6.45, 7) is 18.5. The number of carbonyl (C=O) groups excluding carboxylic acids is 5. The molecule has 100 heavy (non-hydrogen) atoms. The van der Waals surface area contributed by atoms with Crippen LogP contribution < -0.4 is 45.5 Å². The van der Waals surface area contributed by atoms with Crippen LogP contribution in [-0.2, 0) is 41.0 Å². The van der Waals surface area contributed by atoms with E-state index in [1.165, 1.54) is 63.3 Å². The molecule has 7 N–H and O–H groups in total. The first-order chi connectivity index (χ1) is 47.6. The average molecular weight is 1430 g/mol. The van der Waals surface area contributed by atoms with Crippen molar-refractivity contribution in [3.63, 3.8) is 0 Å². The number of unbranched alkanes of at least 4 members (excludes halogenated alkanes) is 9. The first kappa shape index (κ1) is 80.3. The van der Waals surface area contributed by atoms with Gasteiger partial charge in [-0.15, -0.1) is 0 Å². The molecule has 0 aliphatic carbocycles. The van der Waals surface area contributed by atoms with E-state index in [9.17, 15) is 42.6 Å². The molecule has 7 aromatic carbocycles. The molecule has 0 saturated heterocycles. The first-order valence-electron chi connectivity index (χ1n) is 34.1. The molecular formula is C78H99Cl2N5O14S. The fourth-order valence-electron chi connectivity index (χ4n) is 11.7. The number of halogens is 2. The lowest BCUT2D eigenvalue weighted by molar-refractivity contribution is -0.123. The maximum atomic E-state index is 12.9. The van der Waals surface area contributed by atoms with Crippen LogP contribution in [0, 0.1) is 33.6 Å². The van der Waals surface area contributed by atoms with Crippen molar-refractivity contribution in [3.05, 3.63) is 164 Å². The number of hydrogen-bond donors (Lipinski definition) is 7. The Hall–Kier alpha value is -8.72. The summed E-state index contributed by atoms with van der Waals surface area (Å²) < 4.78 is 52.9. The van der Waals surface area contributed by atoms with Gasteiger partial charge in [0.25, 0.3) is 11.8 Å². The van der Waals surface area contributed by atoms with Crippen LogP contribution in [0.2, 0.25) is 10.0 Å². The highest BCUT2D eigenvalue weighted by atomic mass is 35.5. The van der Waals surface area contributed by atoms with E-state index in [2.05, 4.69) is 39.6 Å². The van der Waals surface area contributed by atoms with Crippen molar-refractivity contribution >= 4 is 96.2 Å². The first-order valence-corrected chi connectivity index (χ1v) is 36.7. The van der Waals surface area contributed by atoms with Gasteiger partial charge in [0.1, 0.15) is 41.1 Å². The van der Waals surface area contributed by atoms with Gasteiger partial charge in [0.05, 0.1) is 64.9 Å². The summed E-state index contributed by atoms with van der Waals surface area (Å²) in [7, 11) is 1.33. The number of fused-ring (bicyclic) bond motifs is 2. The molecule has 2 atom stereocenters. The Morgan fingerprint density at radius 1 is 0.690 bits per heavy atom. The zero-order valence-corrected chi connectivity index (χ0v) is 62.1. The van der Waals surface area contributed by atoms with E-state index in [1.807, 2.05) is 84.9 Å². The van der Waals surface area contributed by atoms with Crippen molar-refractivity contribution in [1.29, 1.82) is 0 Å². The zero-order valence-electron chi connectivity index (χ0n) is 59.7. The fraction of sp³-hybridized carbons (Fsp3) is 0.423. The van der Waals surface area contributed by atoms with E-state index >= 15 is 0 Å². The highest BCUT2D eigenvalue weighted by molar-refractivity contribution is 7.91. The Labute approximate surface area is 599 Å². The molecule has 0 saturated carbocycles. The van der Waals surface area contributed by atoms with Gasteiger partial charge in [0.15, 0.2) is 15.9 Å². The summed E-state index contributed by atoms with van der Waals surface area (Å²) in [5.41, 5.74) is 7.37. The van der Waals surface area contributed by atoms with Crippen LogP contribution in [0.4, 0.5) is 22.7 Å². The lowest BCUT2D eigenvalue weighted by Crippen LogP contribution is -2.34. The van der Waals surface area contributed by atoms with Crippen LogP contribution in [0.3, 0.4) is 0 Å². The Kier molecular flexibility index (Phi) is 31.1. The number of nitrogens with one attached hydrogen (secondary N) is 5. The van der Waals surface area contributed by atoms with E-state index in [0.29, 0.717) is 93.5 Å². The summed E-state index contributed by atoms with van der Waals surface area (Å²) in [5.74, 6) is -0.00691. The predicted molar refractivity (Wildman–Crippen MR) is 401 cm³/mol. The molecule has 1 heterocycles. The largest absolute Gasteiger partial charge is 0.506 e. The Morgan fingerprint density at radius 3 is 1.93 bits per heavy atom. The number of amides is 4. The number of benzene rings is 7. The molecular weight excluding hydrogens is 1330 g/mol. The normalized spacial score (nSPS) is 12.8. The number of hydrogen-bond acceptors (Lipinski definition) is 15. The number of aryl methyl sites for hydroxylation is 4. The molecule has 1 aliphatic heterocycles. The molecule has 8 rings (SSSR count). The van der Waals surface area contributed by atoms with Gasteiger partial charge in [-0.25, -0.2) is 13.2 Å².